The van der Waals surface area contributed by atoms with E-state index >= 15 is 0 Å². The molecule has 1 heterocycles. The fraction of sp³-hybridized carbons (Fsp3) is 0.824. The molecule has 1 aliphatic rings. The number of rotatable bonds is 7. The van der Waals surface area contributed by atoms with Crippen LogP contribution in [0.3, 0.4) is 0 Å². The molecule has 6 heteroatoms. The van der Waals surface area contributed by atoms with E-state index in [1.807, 2.05) is 18.9 Å². The van der Waals surface area contributed by atoms with Gasteiger partial charge in [0.25, 0.3) is 0 Å². The molecule has 1 saturated heterocycles. The van der Waals surface area contributed by atoms with Crippen LogP contribution >= 0.6 is 0 Å². The average molecular weight is 328 g/mol. The lowest BCUT2D eigenvalue weighted by Gasteiger charge is -2.52. The second-order valence-corrected chi connectivity index (χ2v) is 7.40. The van der Waals surface area contributed by atoms with E-state index in [1.165, 1.54) is 0 Å². The molecule has 0 aromatic carbocycles. The first-order valence-electron chi connectivity index (χ1n) is 8.30. The molecule has 1 rings (SSSR count). The van der Waals surface area contributed by atoms with Gasteiger partial charge in [-0.3, -0.25) is 0 Å². The van der Waals surface area contributed by atoms with Gasteiger partial charge in [0.05, 0.1) is 0 Å². The third-order valence-electron chi connectivity index (χ3n) is 4.09. The highest BCUT2D eigenvalue weighted by Crippen LogP contribution is 2.40. The largest absolute Gasteiger partial charge is 0.459 e. The van der Waals surface area contributed by atoms with Crippen molar-refractivity contribution in [2.45, 2.75) is 78.5 Å². The molecule has 0 amide bonds. The predicted octanol–water partition coefficient (Wildman–Crippen LogP) is 3.25. The Labute approximate surface area is 140 Å². The second-order valence-electron chi connectivity index (χ2n) is 7.40. The van der Waals surface area contributed by atoms with Gasteiger partial charge >= 0.3 is 5.97 Å². The van der Waals surface area contributed by atoms with Gasteiger partial charge in [0.1, 0.15) is 6.10 Å². The molecule has 6 nitrogen and oxygen atoms in total. The molecule has 0 atom stereocenters. The summed E-state index contributed by atoms with van der Waals surface area (Å²) in [6, 6.07) is 0. The summed E-state index contributed by atoms with van der Waals surface area (Å²) in [6.45, 7) is 19.0. The van der Waals surface area contributed by atoms with Gasteiger partial charge in [-0.05, 0) is 48.5 Å². The number of carbonyl (C=O) groups is 1. The first kappa shape index (κ1) is 20.1. The second kappa shape index (κ2) is 7.75. The maximum Gasteiger partial charge on any atom is 0.333 e. The van der Waals surface area contributed by atoms with Crippen molar-refractivity contribution in [3.8, 4) is 0 Å². The molecule has 134 valence electrons. The van der Waals surface area contributed by atoms with Crippen LogP contribution in [0.5, 0.6) is 0 Å². The van der Waals surface area contributed by atoms with Crippen molar-refractivity contribution >= 4 is 5.97 Å². The molecule has 1 fully saturated rings. The van der Waals surface area contributed by atoms with Crippen LogP contribution in [-0.2, 0) is 19.5 Å². The van der Waals surface area contributed by atoms with E-state index in [-0.39, 0.29) is 23.2 Å². The smallest absolute Gasteiger partial charge is 0.333 e. The van der Waals surface area contributed by atoms with Crippen molar-refractivity contribution in [2.75, 3.05) is 13.1 Å². The van der Waals surface area contributed by atoms with Crippen molar-refractivity contribution in [3.63, 3.8) is 0 Å². The zero-order chi connectivity index (χ0) is 17.8. The van der Waals surface area contributed by atoms with Crippen LogP contribution in [0, 0.1) is 0 Å². The first-order valence-corrected chi connectivity index (χ1v) is 8.30. The van der Waals surface area contributed by atoms with Crippen molar-refractivity contribution in [2.24, 2.45) is 0 Å². The predicted molar refractivity (Wildman–Crippen MR) is 89.0 cm³/mol. The van der Waals surface area contributed by atoms with Crippen molar-refractivity contribution in [1.82, 2.24) is 10.1 Å². The van der Waals surface area contributed by atoms with Crippen LogP contribution in [0.4, 0.5) is 0 Å². The molecule has 0 aliphatic carbocycles. The van der Waals surface area contributed by atoms with Gasteiger partial charge in [-0.1, -0.05) is 6.58 Å². The molecule has 0 unspecified atom stereocenters. The summed E-state index contributed by atoms with van der Waals surface area (Å²) < 4.78 is 5.57. The van der Waals surface area contributed by atoms with E-state index in [9.17, 15) is 4.79 Å². The average Bonchev–Trinajstić information content (AvgIpc) is 2.40. The number of carbonyl (C=O) groups excluding carboxylic acids is 1. The van der Waals surface area contributed by atoms with Gasteiger partial charge in [0.2, 0.25) is 0 Å². The van der Waals surface area contributed by atoms with E-state index < -0.39 is 0 Å². The fourth-order valence-corrected chi connectivity index (χ4v) is 3.12. The minimum atomic E-state index is -0.338. The van der Waals surface area contributed by atoms with E-state index in [4.69, 9.17) is 14.7 Å². The molecular weight excluding hydrogens is 296 g/mol. The van der Waals surface area contributed by atoms with Gasteiger partial charge in [-0.2, -0.15) is 5.06 Å². The number of nitrogens with zero attached hydrogens (tertiary/aromatic N) is 2. The Bertz CT molecular complexity index is 412. The Morgan fingerprint density at radius 3 is 2.04 bits per heavy atom. The monoisotopic (exact) mass is 328 g/mol. The van der Waals surface area contributed by atoms with E-state index in [0.29, 0.717) is 18.4 Å². The molecule has 23 heavy (non-hydrogen) atoms. The Balaban J connectivity index is 2.79. The molecule has 0 spiro atoms. The summed E-state index contributed by atoms with van der Waals surface area (Å²) in [5.41, 5.74) is -0.256. The summed E-state index contributed by atoms with van der Waals surface area (Å²) >= 11 is 0. The number of ether oxygens (including phenoxy) is 1. The molecule has 0 bridgehead atoms. The van der Waals surface area contributed by atoms with Crippen LogP contribution in [0.2, 0.25) is 0 Å². The zero-order valence-electron chi connectivity index (χ0n) is 15.6. The summed E-state index contributed by atoms with van der Waals surface area (Å²) in [4.78, 5) is 22.9. The Kier molecular flexibility index (Phi) is 6.77. The number of hydrogen-bond donors (Lipinski definition) is 0. The van der Waals surface area contributed by atoms with Gasteiger partial charge in [-0.15, -0.1) is 15.0 Å². The van der Waals surface area contributed by atoms with Crippen LogP contribution in [-0.4, -0.2) is 46.4 Å². The molecule has 0 radical (unpaired) electrons. The molecule has 0 N–H and O–H groups in total. The zero-order valence-corrected chi connectivity index (χ0v) is 15.6. The van der Waals surface area contributed by atoms with E-state index in [0.717, 1.165) is 13.1 Å². The van der Waals surface area contributed by atoms with E-state index in [1.54, 1.807) is 12.0 Å². The number of esters is 1. The summed E-state index contributed by atoms with van der Waals surface area (Å²) in [5.74, 6) is -0.338. The quantitative estimate of drug-likeness (QED) is 0.309. The van der Waals surface area contributed by atoms with Gasteiger partial charge in [0.15, 0.2) is 0 Å². The molecule has 0 aromatic heterocycles. The summed E-state index contributed by atoms with van der Waals surface area (Å²) in [7, 11) is 0. The van der Waals surface area contributed by atoms with Gasteiger partial charge in [-0.25, -0.2) is 4.79 Å². The minimum absolute atomic E-state index is 0.169. The van der Waals surface area contributed by atoms with Crippen molar-refractivity contribution < 1.29 is 19.5 Å². The minimum Gasteiger partial charge on any atom is -0.459 e. The van der Waals surface area contributed by atoms with Gasteiger partial charge in [0, 0.05) is 42.6 Å². The molecule has 0 aromatic rings. The number of piperidine rings is 1. The highest BCUT2D eigenvalue weighted by Gasteiger charge is 2.49. The fourth-order valence-electron chi connectivity index (χ4n) is 3.12. The lowest BCUT2D eigenvalue weighted by atomic mass is 9.80. The van der Waals surface area contributed by atoms with Crippen LogP contribution in [0.25, 0.3) is 0 Å². The van der Waals surface area contributed by atoms with Crippen molar-refractivity contribution in [3.05, 3.63) is 12.2 Å². The number of hydroxylamine groups is 4. The maximum absolute atomic E-state index is 11.8. The van der Waals surface area contributed by atoms with Gasteiger partial charge < -0.3 is 4.74 Å². The number of hydrogen-bond acceptors (Lipinski definition) is 6. The Hall–Kier alpha value is -0.950. The Morgan fingerprint density at radius 2 is 1.65 bits per heavy atom. The van der Waals surface area contributed by atoms with Crippen LogP contribution in [0.1, 0.15) is 61.3 Å². The molecule has 0 saturated carbocycles. The van der Waals surface area contributed by atoms with E-state index in [2.05, 4.69) is 34.3 Å². The summed E-state index contributed by atoms with van der Waals surface area (Å²) in [6.07, 6.45) is 1.16. The normalized spacial score (nSPS) is 21.4. The SMILES string of the molecule is C=C(C)C(=O)OC1CC(C)(C)N(OON(CC)CC)C(C)(C)C1. The first-order chi connectivity index (χ1) is 10.5. The summed E-state index contributed by atoms with van der Waals surface area (Å²) in [5, 5.41) is 3.60. The standard InChI is InChI=1S/C17H32N2O4/c1-9-18(10-2)22-23-19-16(5,6)11-14(12-17(19,7)8)21-15(20)13(3)4/h14H,3,9-12H2,1-2,4-8H3. The Morgan fingerprint density at radius 1 is 1.17 bits per heavy atom. The maximum atomic E-state index is 11.8. The third-order valence-corrected chi connectivity index (χ3v) is 4.09. The highest BCUT2D eigenvalue weighted by atomic mass is 17.3. The third kappa shape index (κ3) is 5.28. The van der Waals surface area contributed by atoms with Crippen molar-refractivity contribution in [1.29, 1.82) is 0 Å². The molecular formula is C17H32N2O4. The topological polar surface area (TPSA) is 51.2 Å². The highest BCUT2D eigenvalue weighted by molar-refractivity contribution is 5.87. The van der Waals surface area contributed by atoms with Crippen LogP contribution < -0.4 is 0 Å². The van der Waals surface area contributed by atoms with Crippen LogP contribution in [0.15, 0.2) is 12.2 Å². The lowest BCUT2D eigenvalue weighted by molar-refractivity contribution is -0.547. The molecule has 1 aliphatic heterocycles. The lowest BCUT2D eigenvalue weighted by Crippen LogP contribution is -2.62.